The Bertz CT molecular complexity index is 251. The summed E-state index contributed by atoms with van der Waals surface area (Å²) in [5.41, 5.74) is 0. The zero-order valence-corrected chi connectivity index (χ0v) is 11.6. The standard InChI is InChI=1S/C16H26O2/c1-4-8-15(17)12-6-10-14(3)11-7-13-16(18)9-5-2/h4-5,14H,1-2,6-13H2,3H3. The number of allylic oxidation sites excluding steroid dienone is 2. The van der Waals surface area contributed by atoms with Crippen LogP contribution in [0.4, 0.5) is 0 Å². The van der Waals surface area contributed by atoms with E-state index in [2.05, 4.69) is 20.1 Å². The van der Waals surface area contributed by atoms with Gasteiger partial charge in [0.05, 0.1) is 0 Å². The topological polar surface area (TPSA) is 34.1 Å². The predicted molar refractivity (Wildman–Crippen MR) is 76.5 cm³/mol. The lowest BCUT2D eigenvalue weighted by Gasteiger charge is -2.10. The van der Waals surface area contributed by atoms with E-state index in [9.17, 15) is 9.59 Å². The van der Waals surface area contributed by atoms with Crippen molar-refractivity contribution in [1.82, 2.24) is 0 Å². The van der Waals surface area contributed by atoms with Crippen molar-refractivity contribution in [2.24, 2.45) is 5.92 Å². The maximum absolute atomic E-state index is 11.3. The normalized spacial score (nSPS) is 10.3. The van der Waals surface area contributed by atoms with E-state index >= 15 is 0 Å². The molecule has 0 aliphatic carbocycles. The van der Waals surface area contributed by atoms with E-state index in [1.54, 1.807) is 12.2 Å². The van der Waals surface area contributed by atoms with E-state index in [1.807, 2.05) is 0 Å². The van der Waals surface area contributed by atoms with Gasteiger partial charge in [0.2, 0.25) is 0 Å². The van der Waals surface area contributed by atoms with E-state index in [0.717, 1.165) is 25.7 Å². The van der Waals surface area contributed by atoms with Crippen molar-refractivity contribution in [1.29, 1.82) is 0 Å². The fourth-order valence-corrected chi connectivity index (χ4v) is 1.97. The molecule has 0 bridgehead atoms. The highest BCUT2D eigenvalue weighted by atomic mass is 16.1. The van der Waals surface area contributed by atoms with Gasteiger partial charge in [0, 0.05) is 25.7 Å². The Hall–Kier alpha value is -1.18. The van der Waals surface area contributed by atoms with Crippen molar-refractivity contribution in [2.75, 3.05) is 0 Å². The van der Waals surface area contributed by atoms with Gasteiger partial charge in [-0.3, -0.25) is 9.59 Å². The van der Waals surface area contributed by atoms with Gasteiger partial charge in [-0.1, -0.05) is 31.9 Å². The highest BCUT2D eigenvalue weighted by molar-refractivity contribution is 5.80. The zero-order chi connectivity index (χ0) is 13.8. The van der Waals surface area contributed by atoms with Gasteiger partial charge in [-0.25, -0.2) is 0 Å². The molecule has 0 heterocycles. The SMILES string of the molecule is C=CCC(=O)CCCC(C)CCCC(=O)CC=C. The minimum atomic E-state index is 0.276. The summed E-state index contributed by atoms with van der Waals surface area (Å²) in [6.45, 7) is 9.30. The van der Waals surface area contributed by atoms with Crippen LogP contribution < -0.4 is 0 Å². The van der Waals surface area contributed by atoms with Crippen LogP contribution in [0.3, 0.4) is 0 Å². The van der Waals surface area contributed by atoms with Gasteiger partial charge in [0.15, 0.2) is 0 Å². The lowest BCUT2D eigenvalue weighted by Crippen LogP contribution is -2.01. The smallest absolute Gasteiger partial charge is 0.136 e. The summed E-state index contributed by atoms with van der Waals surface area (Å²) < 4.78 is 0. The molecule has 0 N–H and O–H groups in total. The number of hydrogen-bond donors (Lipinski definition) is 0. The molecule has 0 unspecified atom stereocenters. The molecule has 0 amide bonds. The lowest BCUT2D eigenvalue weighted by molar-refractivity contribution is -0.119. The van der Waals surface area contributed by atoms with Crippen LogP contribution in [0, 0.1) is 5.92 Å². The maximum atomic E-state index is 11.3. The van der Waals surface area contributed by atoms with Gasteiger partial charge in [-0.05, 0) is 18.8 Å². The summed E-state index contributed by atoms with van der Waals surface area (Å²) >= 11 is 0. The van der Waals surface area contributed by atoms with Crippen molar-refractivity contribution in [3.8, 4) is 0 Å². The average Bonchev–Trinajstić information content (AvgIpc) is 2.29. The Morgan fingerprint density at radius 1 is 0.944 bits per heavy atom. The summed E-state index contributed by atoms with van der Waals surface area (Å²) in [6, 6.07) is 0. The first-order valence-corrected chi connectivity index (χ1v) is 6.85. The first-order chi connectivity index (χ1) is 8.60. The Morgan fingerprint density at radius 3 is 1.67 bits per heavy atom. The molecule has 0 rings (SSSR count). The summed E-state index contributed by atoms with van der Waals surface area (Å²) in [4.78, 5) is 22.5. The molecule has 18 heavy (non-hydrogen) atoms. The lowest BCUT2D eigenvalue weighted by atomic mass is 9.96. The largest absolute Gasteiger partial charge is 0.299 e. The Balaban J connectivity index is 3.50. The second kappa shape index (κ2) is 10.9. The predicted octanol–water partition coefficient (Wildman–Crippen LogP) is 4.25. The van der Waals surface area contributed by atoms with Gasteiger partial charge in [-0.2, -0.15) is 0 Å². The third-order valence-electron chi connectivity index (χ3n) is 3.05. The van der Waals surface area contributed by atoms with Gasteiger partial charge in [0.1, 0.15) is 11.6 Å². The highest BCUT2D eigenvalue weighted by Gasteiger charge is 2.06. The van der Waals surface area contributed by atoms with Gasteiger partial charge < -0.3 is 0 Å². The van der Waals surface area contributed by atoms with E-state index in [0.29, 0.717) is 31.6 Å². The first kappa shape index (κ1) is 16.8. The van der Waals surface area contributed by atoms with Crippen LogP contribution in [0.5, 0.6) is 0 Å². The second-order valence-corrected chi connectivity index (χ2v) is 4.95. The van der Waals surface area contributed by atoms with E-state index in [-0.39, 0.29) is 11.6 Å². The molecule has 0 saturated heterocycles. The molecular weight excluding hydrogens is 224 g/mol. The van der Waals surface area contributed by atoms with Crippen LogP contribution in [-0.2, 0) is 9.59 Å². The van der Waals surface area contributed by atoms with Crippen molar-refractivity contribution in [2.45, 2.75) is 58.3 Å². The maximum Gasteiger partial charge on any atom is 0.136 e. The third kappa shape index (κ3) is 10.0. The van der Waals surface area contributed by atoms with E-state index in [4.69, 9.17) is 0 Å². The number of Topliss-reactive ketones (excluding diaryl/α,β-unsaturated/α-hetero) is 2. The molecule has 0 aromatic rings. The van der Waals surface area contributed by atoms with Crippen LogP contribution >= 0.6 is 0 Å². The molecule has 0 aromatic carbocycles. The molecule has 0 saturated carbocycles. The molecule has 0 aliphatic rings. The number of rotatable bonds is 12. The number of hydrogen-bond acceptors (Lipinski definition) is 2. The Morgan fingerprint density at radius 2 is 1.33 bits per heavy atom. The fourth-order valence-electron chi connectivity index (χ4n) is 1.97. The molecule has 0 fully saturated rings. The van der Waals surface area contributed by atoms with Gasteiger partial charge in [0.25, 0.3) is 0 Å². The van der Waals surface area contributed by atoms with Crippen LogP contribution in [-0.4, -0.2) is 11.6 Å². The molecule has 0 radical (unpaired) electrons. The minimum Gasteiger partial charge on any atom is -0.299 e. The zero-order valence-electron chi connectivity index (χ0n) is 11.6. The molecule has 2 heteroatoms. The van der Waals surface area contributed by atoms with Gasteiger partial charge >= 0.3 is 0 Å². The fraction of sp³-hybridized carbons (Fsp3) is 0.625. The summed E-state index contributed by atoms with van der Waals surface area (Å²) in [7, 11) is 0. The molecule has 2 nitrogen and oxygen atoms in total. The number of ketones is 2. The first-order valence-electron chi connectivity index (χ1n) is 6.85. The summed E-state index contributed by atoms with van der Waals surface area (Å²) in [5, 5.41) is 0. The van der Waals surface area contributed by atoms with E-state index < -0.39 is 0 Å². The minimum absolute atomic E-state index is 0.276. The molecule has 0 aliphatic heterocycles. The molecule has 0 aromatic heterocycles. The second-order valence-electron chi connectivity index (χ2n) is 4.95. The molecule has 102 valence electrons. The van der Waals surface area contributed by atoms with E-state index in [1.165, 1.54) is 0 Å². The van der Waals surface area contributed by atoms with Crippen LogP contribution in [0.2, 0.25) is 0 Å². The van der Waals surface area contributed by atoms with Crippen LogP contribution in [0.1, 0.15) is 58.3 Å². The number of carbonyl (C=O) groups is 2. The van der Waals surface area contributed by atoms with Gasteiger partial charge in [-0.15, -0.1) is 13.2 Å². The number of carbonyl (C=O) groups excluding carboxylic acids is 2. The monoisotopic (exact) mass is 250 g/mol. The summed E-state index contributed by atoms with van der Waals surface area (Å²) in [6.07, 6.45) is 9.67. The summed E-state index contributed by atoms with van der Waals surface area (Å²) in [5.74, 6) is 1.15. The van der Waals surface area contributed by atoms with Crippen LogP contribution in [0.25, 0.3) is 0 Å². The quantitative estimate of drug-likeness (QED) is 0.485. The molecule has 0 spiro atoms. The van der Waals surface area contributed by atoms with Crippen molar-refractivity contribution in [3.05, 3.63) is 25.3 Å². The highest BCUT2D eigenvalue weighted by Crippen LogP contribution is 2.16. The van der Waals surface area contributed by atoms with Crippen molar-refractivity contribution < 1.29 is 9.59 Å². The van der Waals surface area contributed by atoms with Crippen LogP contribution in [0.15, 0.2) is 25.3 Å². The average molecular weight is 250 g/mol. The van der Waals surface area contributed by atoms with Crippen molar-refractivity contribution in [3.63, 3.8) is 0 Å². The van der Waals surface area contributed by atoms with Crippen molar-refractivity contribution >= 4 is 11.6 Å². The Labute approximate surface area is 111 Å². The molecule has 0 atom stereocenters. The molecular formula is C16H26O2. The Kier molecular flexibility index (Phi) is 10.2. The third-order valence-corrected chi connectivity index (χ3v) is 3.05.